The van der Waals surface area contributed by atoms with Crippen molar-refractivity contribution >= 4 is 5.97 Å². The molecule has 4 nitrogen and oxygen atoms in total. The van der Waals surface area contributed by atoms with E-state index in [1.165, 1.54) is 7.11 Å². The molecule has 21 heavy (non-hydrogen) atoms. The van der Waals surface area contributed by atoms with Gasteiger partial charge in [0.15, 0.2) is 5.54 Å². The second-order valence-corrected chi connectivity index (χ2v) is 4.60. The van der Waals surface area contributed by atoms with Crippen LogP contribution in [0.5, 0.6) is 0 Å². The lowest BCUT2D eigenvalue weighted by molar-refractivity contribution is -0.153. The van der Waals surface area contributed by atoms with Gasteiger partial charge >= 0.3 is 5.97 Å². The number of alkyl halides is 2. The first-order valence-electron chi connectivity index (χ1n) is 6.81. The summed E-state index contributed by atoms with van der Waals surface area (Å²) in [5.74, 6) is -0.559. The normalized spacial score (nSPS) is 14.0. The number of carbonyl (C=O) groups excluding carboxylic acids is 1. The molecule has 1 unspecified atom stereocenters. The SMILES string of the molecule is CCCNC(COCC(F)F)(C(=O)OC)c1ccccc1. The Kier molecular flexibility index (Phi) is 7.25. The molecule has 0 amide bonds. The molecule has 1 aromatic rings. The number of hydrogen-bond acceptors (Lipinski definition) is 4. The molecule has 1 atom stereocenters. The van der Waals surface area contributed by atoms with Gasteiger partial charge in [-0.05, 0) is 18.5 Å². The number of nitrogens with one attached hydrogen (secondary N) is 1. The Hall–Kier alpha value is -1.53. The first-order valence-corrected chi connectivity index (χ1v) is 6.81. The molecule has 0 radical (unpaired) electrons. The van der Waals surface area contributed by atoms with E-state index in [9.17, 15) is 13.6 Å². The summed E-state index contributed by atoms with van der Waals surface area (Å²) in [7, 11) is 1.26. The highest BCUT2D eigenvalue weighted by molar-refractivity contribution is 5.82. The fourth-order valence-corrected chi connectivity index (χ4v) is 2.02. The van der Waals surface area contributed by atoms with Gasteiger partial charge in [-0.3, -0.25) is 5.32 Å². The minimum atomic E-state index is -2.58. The van der Waals surface area contributed by atoms with Gasteiger partial charge in [-0.25, -0.2) is 13.6 Å². The predicted molar refractivity (Wildman–Crippen MR) is 75.3 cm³/mol. The quantitative estimate of drug-likeness (QED) is 0.711. The van der Waals surface area contributed by atoms with Crippen LogP contribution in [-0.4, -0.2) is 39.3 Å². The Morgan fingerprint density at radius 2 is 2.00 bits per heavy atom. The molecule has 0 saturated carbocycles. The maximum absolute atomic E-state index is 12.3. The maximum atomic E-state index is 12.3. The van der Waals surface area contributed by atoms with Gasteiger partial charge in [-0.2, -0.15) is 0 Å². The second kappa shape index (κ2) is 8.69. The van der Waals surface area contributed by atoms with Crippen molar-refractivity contribution in [2.24, 2.45) is 0 Å². The molecule has 0 aliphatic carbocycles. The van der Waals surface area contributed by atoms with Crippen molar-refractivity contribution in [1.82, 2.24) is 5.32 Å². The predicted octanol–water partition coefficient (Wildman–Crippen LogP) is 2.34. The highest BCUT2D eigenvalue weighted by Crippen LogP contribution is 2.24. The summed E-state index contributed by atoms with van der Waals surface area (Å²) in [5, 5.41) is 3.08. The molecular weight excluding hydrogens is 280 g/mol. The Labute approximate surface area is 123 Å². The molecule has 0 saturated heterocycles. The van der Waals surface area contributed by atoms with Crippen LogP contribution in [0.15, 0.2) is 30.3 Å². The van der Waals surface area contributed by atoms with Crippen LogP contribution in [0.4, 0.5) is 8.78 Å². The summed E-state index contributed by atoms with van der Waals surface area (Å²) < 4.78 is 34.4. The Morgan fingerprint density at radius 1 is 1.33 bits per heavy atom. The number of rotatable bonds is 9. The van der Waals surface area contributed by atoms with E-state index in [0.29, 0.717) is 12.1 Å². The van der Waals surface area contributed by atoms with Crippen molar-refractivity contribution in [2.75, 3.05) is 26.9 Å². The summed E-state index contributed by atoms with van der Waals surface area (Å²) in [6.45, 7) is 1.54. The topological polar surface area (TPSA) is 47.6 Å². The van der Waals surface area contributed by atoms with E-state index in [4.69, 9.17) is 9.47 Å². The number of carbonyl (C=O) groups is 1. The van der Waals surface area contributed by atoms with Crippen LogP contribution >= 0.6 is 0 Å². The van der Waals surface area contributed by atoms with Gasteiger partial charge in [0.2, 0.25) is 0 Å². The van der Waals surface area contributed by atoms with Crippen LogP contribution in [0.25, 0.3) is 0 Å². The van der Waals surface area contributed by atoms with Crippen molar-refractivity contribution < 1.29 is 23.0 Å². The average Bonchev–Trinajstić information content (AvgIpc) is 2.50. The lowest BCUT2D eigenvalue weighted by Crippen LogP contribution is -2.53. The smallest absolute Gasteiger partial charge is 0.333 e. The number of ether oxygens (including phenoxy) is 2. The Bertz CT molecular complexity index is 428. The molecule has 6 heteroatoms. The molecule has 0 spiro atoms. The Morgan fingerprint density at radius 3 is 2.52 bits per heavy atom. The molecule has 0 fully saturated rings. The molecule has 1 aromatic carbocycles. The summed E-state index contributed by atoms with van der Waals surface area (Å²) >= 11 is 0. The van der Waals surface area contributed by atoms with Gasteiger partial charge in [0, 0.05) is 0 Å². The van der Waals surface area contributed by atoms with E-state index < -0.39 is 24.5 Å². The minimum absolute atomic E-state index is 0.214. The second-order valence-electron chi connectivity index (χ2n) is 4.60. The third-order valence-corrected chi connectivity index (χ3v) is 3.04. The van der Waals surface area contributed by atoms with Crippen LogP contribution in [0.3, 0.4) is 0 Å². The summed E-state index contributed by atoms with van der Waals surface area (Å²) in [5.41, 5.74) is -0.652. The average molecular weight is 301 g/mol. The molecular formula is C15H21F2NO3. The molecule has 1 N–H and O–H groups in total. The van der Waals surface area contributed by atoms with E-state index in [2.05, 4.69) is 5.32 Å². The number of halogens is 2. The van der Waals surface area contributed by atoms with Crippen molar-refractivity contribution in [1.29, 1.82) is 0 Å². The van der Waals surface area contributed by atoms with Crippen molar-refractivity contribution in [2.45, 2.75) is 25.3 Å². The van der Waals surface area contributed by atoms with Gasteiger partial charge in [0.25, 0.3) is 6.43 Å². The molecule has 0 aromatic heterocycles. The van der Waals surface area contributed by atoms with Crippen molar-refractivity contribution in [3.05, 3.63) is 35.9 Å². The number of methoxy groups -OCH3 is 1. The van der Waals surface area contributed by atoms with Gasteiger partial charge in [-0.1, -0.05) is 37.3 Å². The maximum Gasteiger partial charge on any atom is 0.333 e. The number of esters is 1. The molecule has 0 bridgehead atoms. The van der Waals surface area contributed by atoms with Crippen LogP contribution in [0, 0.1) is 0 Å². The van der Waals surface area contributed by atoms with Crippen LogP contribution in [0.1, 0.15) is 18.9 Å². The standard InChI is InChI=1S/C15H21F2NO3/c1-3-9-18-15(14(19)20-2,11-21-10-13(16)17)12-7-5-4-6-8-12/h4-8,13,18H,3,9-11H2,1-2H3. The van der Waals surface area contributed by atoms with Gasteiger partial charge in [-0.15, -0.1) is 0 Å². The zero-order valence-corrected chi connectivity index (χ0v) is 12.3. The summed E-state index contributed by atoms with van der Waals surface area (Å²) in [6, 6.07) is 8.84. The fourth-order valence-electron chi connectivity index (χ4n) is 2.02. The largest absolute Gasteiger partial charge is 0.467 e. The van der Waals surface area contributed by atoms with E-state index >= 15 is 0 Å². The van der Waals surface area contributed by atoms with Crippen LogP contribution in [0.2, 0.25) is 0 Å². The highest BCUT2D eigenvalue weighted by Gasteiger charge is 2.41. The van der Waals surface area contributed by atoms with E-state index in [-0.39, 0.29) is 6.61 Å². The van der Waals surface area contributed by atoms with Gasteiger partial charge in [0.1, 0.15) is 6.61 Å². The third-order valence-electron chi connectivity index (χ3n) is 3.04. The van der Waals surface area contributed by atoms with E-state index in [1.54, 1.807) is 24.3 Å². The fraction of sp³-hybridized carbons (Fsp3) is 0.533. The number of benzene rings is 1. The van der Waals surface area contributed by atoms with Crippen LogP contribution < -0.4 is 5.32 Å². The van der Waals surface area contributed by atoms with E-state index in [1.807, 2.05) is 13.0 Å². The molecule has 0 aliphatic rings. The lowest BCUT2D eigenvalue weighted by atomic mass is 9.90. The minimum Gasteiger partial charge on any atom is -0.467 e. The summed E-state index contributed by atoms with van der Waals surface area (Å²) in [4.78, 5) is 12.3. The summed E-state index contributed by atoms with van der Waals surface area (Å²) in [6.07, 6.45) is -1.80. The van der Waals surface area contributed by atoms with Crippen LogP contribution in [-0.2, 0) is 19.8 Å². The Balaban J connectivity index is 3.05. The lowest BCUT2D eigenvalue weighted by Gasteiger charge is -2.32. The first kappa shape index (κ1) is 17.5. The van der Waals surface area contributed by atoms with Crippen molar-refractivity contribution in [3.63, 3.8) is 0 Å². The zero-order chi connectivity index (χ0) is 15.7. The molecule has 0 heterocycles. The van der Waals surface area contributed by atoms with E-state index in [0.717, 1.165) is 6.42 Å². The van der Waals surface area contributed by atoms with Gasteiger partial charge in [0.05, 0.1) is 13.7 Å². The first-order chi connectivity index (χ1) is 10.1. The van der Waals surface area contributed by atoms with Crippen molar-refractivity contribution in [3.8, 4) is 0 Å². The molecule has 118 valence electrons. The highest BCUT2D eigenvalue weighted by atomic mass is 19.3. The van der Waals surface area contributed by atoms with Gasteiger partial charge < -0.3 is 9.47 Å². The third kappa shape index (κ3) is 4.75. The molecule has 0 aliphatic heterocycles. The number of hydrogen-bond donors (Lipinski definition) is 1. The monoisotopic (exact) mass is 301 g/mol. The zero-order valence-electron chi connectivity index (χ0n) is 12.3. The molecule has 1 rings (SSSR count).